The number of amides is 1. The number of guanidine groups is 1. The highest BCUT2D eigenvalue weighted by atomic mass is 35.5. The van der Waals surface area contributed by atoms with E-state index in [1.165, 1.54) is 12.8 Å². The normalized spacial score (nSPS) is 16.4. The van der Waals surface area contributed by atoms with Gasteiger partial charge in [-0.2, -0.15) is 0 Å². The highest BCUT2D eigenvalue weighted by molar-refractivity contribution is 6.30. The van der Waals surface area contributed by atoms with E-state index in [9.17, 15) is 4.79 Å². The maximum atomic E-state index is 11.8. The Morgan fingerprint density at radius 2 is 2.10 bits per heavy atom. The van der Waals surface area contributed by atoms with Gasteiger partial charge < -0.3 is 16.4 Å². The molecule has 6 heteroatoms. The maximum absolute atomic E-state index is 11.8. The minimum absolute atomic E-state index is 0.139. The number of nitrogens with zero attached hydrogens (tertiary/aromatic N) is 1. The monoisotopic (exact) mass is 308 g/mol. The summed E-state index contributed by atoms with van der Waals surface area (Å²) in [6, 6.07) is 7.13. The molecule has 21 heavy (non-hydrogen) atoms. The van der Waals surface area contributed by atoms with Crippen molar-refractivity contribution in [2.24, 2.45) is 16.6 Å². The van der Waals surface area contributed by atoms with Gasteiger partial charge in [0, 0.05) is 23.2 Å². The largest absolute Gasteiger partial charge is 0.370 e. The van der Waals surface area contributed by atoms with Gasteiger partial charge in [-0.1, -0.05) is 11.6 Å². The number of carbonyl (C=O) groups is 1. The fraction of sp³-hybridized carbons (Fsp3) is 0.467. The molecular formula is C15H21ClN4O. The molecule has 1 unspecified atom stereocenters. The Balaban J connectivity index is 1.68. The van der Waals surface area contributed by atoms with Crippen molar-refractivity contribution < 1.29 is 4.79 Å². The van der Waals surface area contributed by atoms with E-state index in [2.05, 4.69) is 22.5 Å². The molecule has 0 radical (unpaired) electrons. The molecule has 2 rings (SSSR count). The Kier molecular flexibility index (Phi) is 5.44. The summed E-state index contributed by atoms with van der Waals surface area (Å²) in [5.74, 6) is 1.03. The van der Waals surface area contributed by atoms with Crippen molar-refractivity contribution >= 4 is 23.5 Å². The predicted octanol–water partition coefficient (Wildman–Crippen LogP) is 1.77. The van der Waals surface area contributed by atoms with Crippen LogP contribution in [0.5, 0.6) is 0 Å². The molecule has 1 amide bonds. The molecule has 114 valence electrons. The Labute approximate surface area is 130 Å². The minimum atomic E-state index is -0.139. The van der Waals surface area contributed by atoms with Gasteiger partial charge in [-0.05, 0) is 49.9 Å². The first-order valence-corrected chi connectivity index (χ1v) is 7.54. The summed E-state index contributed by atoms with van der Waals surface area (Å²) in [4.78, 5) is 16.0. The highest BCUT2D eigenvalue weighted by Crippen LogP contribution is 2.32. The lowest BCUT2D eigenvalue weighted by atomic mass is 10.2. The molecule has 1 aliphatic rings. The van der Waals surface area contributed by atoms with Crippen LogP contribution in [0, 0.1) is 5.92 Å². The van der Waals surface area contributed by atoms with E-state index in [1.807, 2.05) is 0 Å². The third-order valence-corrected chi connectivity index (χ3v) is 3.74. The van der Waals surface area contributed by atoms with Gasteiger partial charge in [0.2, 0.25) is 0 Å². The number of halogens is 1. The van der Waals surface area contributed by atoms with Crippen LogP contribution in [-0.4, -0.2) is 31.0 Å². The number of benzene rings is 1. The minimum Gasteiger partial charge on any atom is -0.370 e. The summed E-state index contributed by atoms with van der Waals surface area (Å²) < 4.78 is 0. The lowest BCUT2D eigenvalue weighted by Gasteiger charge is -2.13. The molecule has 0 spiro atoms. The second-order valence-corrected chi connectivity index (χ2v) is 5.74. The Hall–Kier alpha value is -1.75. The molecule has 1 fully saturated rings. The van der Waals surface area contributed by atoms with Crippen LogP contribution in [0.15, 0.2) is 29.3 Å². The van der Waals surface area contributed by atoms with Gasteiger partial charge in [-0.15, -0.1) is 0 Å². The van der Waals surface area contributed by atoms with Crippen LogP contribution < -0.4 is 16.4 Å². The molecule has 5 nitrogen and oxygen atoms in total. The number of rotatable bonds is 6. The summed E-state index contributed by atoms with van der Waals surface area (Å²) in [6.07, 6.45) is 2.52. The number of carbonyl (C=O) groups excluding carboxylic acids is 1. The van der Waals surface area contributed by atoms with Crippen molar-refractivity contribution in [3.05, 3.63) is 34.9 Å². The third-order valence-electron chi connectivity index (χ3n) is 3.49. The summed E-state index contributed by atoms with van der Waals surface area (Å²) in [5.41, 5.74) is 6.38. The lowest BCUT2D eigenvalue weighted by Crippen LogP contribution is -2.40. The van der Waals surface area contributed by atoms with E-state index in [-0.39, 0.29) is 5.91 Å². The quantitative estimate of drug-likeness (QED) is 0.426. The number of nitrogens with two attached hydrogens (primary N) is 1. The van der Waals surface area contributed by atoms with Crippen LogP contribution in [0.25, 0.3) is 0 Å². The molecule has 0 heterocycles. The zero-order chi connectivity index (χ0) is 15.2. The van der Waals surface area contributed by atoms with Gasteiger partial charge in [0.25, 0.3) is 5.91 Å². The van der Waals surface area contributed by atoms with Crippen molar-refractivity contribution in [2.45, 2.75) is 25.8 Å². The zero-order valence-electron chi connectivity index (χ0n) is 12.1. The first-order valence-electron chi connectivity index (χ1n) is 7.16. The second kappa shape index (κ2) is 7.31. The molecule has 1 atom stereocenters. The van der Waals surface area contributed by atoms with Gasteiger partial charge in [-0.3, -0.25) is 9.79 Å². The average molecular weight is 309 g/mol. The van der Waals surface area contributed by atoms with E-state index in [0.717, 1.165) is 5.92 Å². The van der Waals surface area contributed by atoms with Crippen molar-refractivity contribution in [3.8, 4) is 0 Å². The Bertz CT molecular complexity index is 511. The van der Waals surface area contributed by atoms with Crippen LogP contribution >= 0.6 is 11.6 Å². The summed E-state index contributed by atoms with van der Waals surface area (Å²) >= 11 is 5.78. The summed E-state index contributed by atoms with van der Waals surface area (Å²) in [6.45, 7) is 3.01. The smallest absolute Gasteiger partial charge is 0.251 e. The molecule has 1 aromatic carbocycles. The standard InChI is InChI=1S/C15H21ClN4O/c1-10(11-2-3-11)20-15(17)19-9-8-18-14(21)12-4-6-13(16)7-5-12/h4-7,10-11H,2-3,8-9H2,1H3,(H,18,21)(H3,17,19,20). The van der Waals surface area contributed by atoms with Crippen molar-refractivity contribution in [1.82, 2.24) is 10.6 Å². The average Bonchev–Trinajstić information content (AvgIpc) is 3.28. The fourth-order valence-corrected chi connectivity index (χ4v) is 2.17. The molecule has 1 aromatic rings. The second-order valence-electron chi connectivity index (χ2n) is 5.30. The topological polar surface area (TPSA) is 79.5 Å². The van der Waals surface area contributed by atoms with Gasteiger partial charge in [0.05, 0.1) is 6.54 Å². The van der Waals surface area contributed by atoms with Crippen LogP contribution in [0.4, 0.5) is 0 Å². The SMILES string of the molecule is CC(NC(N)=NCCNC(=O)c1ccc(Cl)cc1)C1CC1. The van der Waals surface area contributed by atoms with E-state index < -0.39 is 0 Å². The van der Waals surface area contributed by atoms with Crippen molar-refractivity contribution in [3.63, 3.8) is 0 Å². The van der Waals surface area contributed by atoms with E-state index in [1.54, 1.807) is 24.3 Å². The van der Waals surface area contributed by atoms with Gasteiger partial charge in [-0.25, -0.2) is 0 Å². The van der Waals surface area contributed by atoms with Crippen molar-refractivity contribution in [1.29, 1.82) is 0 Å². The predicted molar refractivity (Wildman–Crippen MR) is 85.6 cm³/mol. The molecule has 0 aliphatic heterocycles. The third kappa shape index (κ3) is 5.27. The van der Waals surface area contributed by atoms with Gasteiger partial charge >= 0.3 is 0 Å². The molecule has 1 saturated carbocycles. The molecule has 4 N–H and O–H groups in total. The summed E-state index contributed by atoms with van der Waals surface area (Å²) in [7, 11) is 0. The molecule has 0 bridgehead atoms. The van der Waals surface area contributed by atoms with Gasteiger partial charge in [0.15, 0.2) is 5.96 Å². The Morgan fingerprint density at radius 3 is 2.71 bits per heavy atom. The van der Waals surface area contributed by atoms with E-state index in [4.69, 9.17) is 17.3 Å². The van der Waals surface area contributed by atoms with Crippen LogP contribution in [0.3, 0.4) is 0 Å². The molecular weight excluding hydrogens is 288 g/mol. The van der Waals surface area contributed by atoms with Crippen LogP contribution in [-0.2, 0) is 0 Å². The zero-order valence-corrected chi connectivity index (χ0v) is 12.9. The molecule has 0 aromatic heterocycles. The van der Waals surface area contributed by atoms with Gasteiger partial charge in [0.1, 0.15) is 0 Å². The van der Waals surface area contributed by atoms with Crippen molar-refractivity contribution in [2.75, 3.05) is 13.1 Å². The number of hydrogen-bond acceptors (Lipinski definition) is 2. The van der Waals surface area contributed by atoms with E-state index >= 15 is 0 Å². The number of nitrogens with one attached hydrogen (secondary N) is 2. The Morgan fingerprint density at radius 1 is 1.43 bits per heavy atom. The first kappa shape index (κ1) is 15.6. The van der Waals surface area contributed by atoms with E-state index in [0.29, 0.717) is 35.7 Å². The first-order chi connectivity index (χ1) is 10.1. The highest BCUT2D eigenvalue weighted by Gasteiger charge is 2.27. The fourth-order valence-electron chi connectivity index (χ4n) is 2.04. The molecule has 1 aliphatic carbocycles. The number of hydrogen-bond donors (Lipinski definition) is 3. The molecule has 0 saturated heterocycles. The number of aliphatic imine (C=N–C) groups is 1. The maximum Gasteiger partial charge on any atom is 0.251 e. The lowest BCUT2D eigenvalue weighted by molar-refractivity contribution is 0.0955. The van der Waals surface area contributed by atoms with Crippen LogP contribution in [0.1, 0.15) is 30.1 Å². The van der Waals surface area contributed by atoms with Crippen LogP contribution in [0.2, 0.25) is 5.02 Å². The summed E-state index contributed by atoms with van der Waals surface area (Å²) in [5, 5.41) is 6.57.